The summed E-state index contributed by atoms with van der Waals surface area (Å²) in [5, 5.41) is 6.06. The van der Waals surface area contributed by atoms with Gasteiger partial charge in [-0.3, -0.25) is 4.99 Å². The van der Waals surface area contributed by atoms with Crippen molar-refractivity contribution in [3.63, 3.8) is 0 Å². The summed E-state index contributed by atoms with van der Waals surface area (Å²) in [6, 6.07) is 4.99. The SMILES string of the molecule is CN=C(NCc1ccc(C(F)(F)F)cc1)NCc1nc(C)c(C)o1.I. The zero-order chi connectivity index (χ0) is 17.7. The highest BCUT2D eigenvalue weighted by Crippen LogP contribution is 2.29. The molecule has 1 aromatic heterocycles. The molecular formula is C16H20F3IN4O. The summed E-state index contributed by atoms with van der Waals surface area (Å²) >= 11 is 0. The Morgan fingerprint density at radius 1 is 1.12 bits per heavy atom. The van der Waals surface area contributed by atoms with E-state index in [9.17, 15) is 13.2 Å². The number of aliphatic imine (C=N–C) groups is 1. The predicted octanol–water partition coefficient (Wildman–Crippen LogP) is 3.79. The van der Waals surface area contributed by atoms with Crippen LogP contribution in [0, 0.1) is 13.8 Å². The first-order valence-corrected chi connectivity index (χ1v) is 7.33. The lowest BCUT2D eigenvalue weighted by Gasteiger charge is -2.11. The summed E-state index contributed by atoms with van der Waals surface area (Å²) in [7, 11) is 1.61. The molecular weight excluding hydrogens is 448 g/mol. The van der Waals surface area contributed by atoms with E-state index in [0.29, 0.717) is 30.5 Å². The topological polar surface area (TPSA) is 62.5 Å². The molecule has 2 N–H and O–H groups in total. The Morgan fingerprint density at radius 2 is 1.72 bits per heavy atom. The van der Waals surface area contributed by atoms with Crippen LogP contribution in [0.5, 0.6) is 0 Å². The Balaban J connectivity index is 0.00000312. The number of nitrogens with one attached hydrogen (secondary N) is 2. The minimum absolute atomic E-state index is 0. The number of hydrogen-bond donors (Lipinski definition) is 2. The third-order valence-corrected chi connectivity index (χ3v) is 3.44. The second-order valence-corrected chi connectivity index (χ2v) is 5.22. The number of aromatic nitrogens is 1. The van der Waals surface area contributed by atoms with E-state index in [1.54, 1.807) is 7.05 Å². The molecule has 2 aromatic rings. The number of rotatable bonds is 4. The van der Waals surface area contributed by atoms with E-state index >= 15 is 0 Å². The molecule has 0 radical (unpaired) electrons. The lowest BCUT2D eigenvalue weighted by molar-refractivity contribution is -0.137. The third-order valence-electron chi connectivity index (χ3n) is 3.44. The minimum atomic E-state index is -4.32. The van der Waals surface area contributed by atoms with E-state index in [4.69, 9.17) is 4.42 Å². The quantitative estimate of drug-likeness (QED) is 0.408. The van der Waals surface area contributed by atoms with Crippen LogP contribution in [0.1, 0.15) is 28.5 Å². The van der Waals surface area contributed by atoms with Gasteiger partial charge in [0.1, 0.15) is 5.76 Å². The standard InChI is InChI=1S/C16H19F3N4O.HI/c1-10-11(2)24-14(23-10)9-22-15(20-3)21-8-12-4-6-13(7-5-12)16(17,18)19;/h4-7H,8-9H2,1-3H3,(H2,20,21,22);1H. The molecule has 0 fully saturated rings. The van der Waals surface area contributed by atoms with Gasteiger partial charge in [0.15, 0.2) is 5.96 Å². The van der Waals surface area contributed by atoms with Crippen molar-refractivity contribution in [3.8, 4) is 0 Å². The smallest absolute Gasteiger partial charge is 0.416 e. The van der Waals surface area contributed by atoms with Crippen LogP contribution in [0.2, 0.25) is 0 Å². The number of alkyl halides is 3. The number of oxazole rings is 1. The Labute approximate surface area is 161 Å². The van der Waals surface area contributed by atoms with Crippen molar-refractivity contribution in [1.82, 2.24) is 15.6 Å². The molecule has 0 saturated heterocycles. The molecule has 1 heterocycles. The highest BCUT2D eigenvalue weighted by molar-refractivity contribution is 14.0. The maximum absolute atomic E-state index is 12.5. The van der Waals surface area contributed by atoms with Crippen LogP contribution in [0.25, 0.3) is 0 Å². The maximum atomic E-state index is 12.5. The Morgan fingerprint density at radius 3 is 2.20 bits per heavy atom. The van der Waals surface area contributed by atoms with Gasteiger partial charge < -0.3 is 15.1 Å². The molecule has 1 aromatic carbocycles. The normalized spacial score (nSPS) is 11.8. The second kappa shape index (κ2) is 9.07. The fourth-order valence-electron chi connectivity index (χ4n) is 1.99. The molecule has 0 bridgehead atoms. The fraction of sp³-hybridized carbons (Fsp3) is 0.375. The first-order chi connectivity index (χ1) is 11.3. The number of benzene rings is 1. The Bertz CT molecular complexity index is 692. The van der Waals surface area contributed by atoms with Crippen LogP contribution in [-0.2, 0) is 19.3 Å². The summed E-state index contributed by atoms with van der Waals surface area (Å²) < 4.78 is 43.0. The molecule has 0 spiro atoms. The highest BCUT2D eigenvalue weighted by atomic mass is 127. The van der Waals surface area contributed by atoms with Crippen molar-refractivity contribution >= 4 is 29.9 Å². The molecule has 0 saturated carbocycles. The zero-order valence-corrected chi connectivity index (χ0v) is 16.4. The molecule has 0 aliphatic heterocycles. The van der Waals surface area contributed by atoms with E-state index in [1.165, 1.54) is 12.1 Å². The van der Waals surface area contributed by atoms with E-state index in [1.807, 2.05) is 13.8 Å². The molecule has 25 heavy (non-hydrogen) atoms. The van der Waals surface area contributed by atoms with Gasteiger partial charge in [-0.1, -0.05) is 12.1 Å². The van der Waals surface area contributed by atoms with Crippen LogP contribution < -0.4 is 10.6 Å². The van der Waals surface area contributed by atoms with Gasteiger partial charge in [-0.05, 0) is 31.5 Å². The van der Waals surface area contributed by atoms with E-state index in [-0.39, 0.29) is 24.0 Å². The van der Waals surface area contributed by atoms with Gasteiger partial charge >= 0.3 is 6.18 Å². The molecule has 5 nitrogen and oxygen atoms in total. The van der Waals surface area contributed by atoms with E-state index in [2.05, 4.69) is 20.6 Å². The third kappa shape index (κ3) is 6.22. The highest BCUT2D eigenvalue weighted by Gasteiger charge is 2.29. The van der Waals surface area contributed by atoms with Crippen LogP contribution in [-0.4, -0.2) is 18.0 Å². The van der Waals surface area contributed by atoms with Crippen molar-refractivity contribution in [3.05, 3.63) is 52.7 Å². The molecule has 9 heteroatoms. The maximum Gasteiger partial charge on any atom is 0.416 e. The Hall–Kier alpha value is -1.78. The molecule has 0 aliphatic rings. The number of hydrogen-bond acceptors (Lipinski definition) is 3. The van der Waals surface area contributed by atoms with Crippen molar-refractivity contribution < 1.29 is 17.6 Å². The van der Waals surface area contributed by atoms with Crippen LogP contribution in [0.4, 0.5) is 13.2 Å². The van der Waals surface area contributed by atoms with Gasteiger partial charge in [0, 0.05) is 13.6 Å². The molecule has 0 amide bonds. The molecule has 0 aliphatic carbocycles. The summed E-state index contributed by atoms with van der Waals surface area (Å²) in [5.74, 6) is 1.81. The van der Waals surface area contributed by atoms with Crippen LogP contribution >= 0.6 is 24.0 Å². The predicted molar refractivity (Wildman–Crippen MR) is 99.9 cm³/mol. The molecule has 138 valence electrons. The van der Waals surface area contributed by atoms with Crippen molar-refractivity contribution in [2.24, 2.45) is 4.99 Å². The monoisotopic (exact) mass is 468 g/mol. The van der Waals surface area contributed by atoms with Gasteiger partial charge in [0.2, 0.25) is 5.89 Å². The average molecular weight is 468 g/mol. The second-order valence-electron chi connectivity index (χ2n) is 5.22. The van der Waals surface area contributed by atoms with Crippen molar-refractivity contribution in [1.29, 1.82) is 0 Å². The van der Waals surface area contributed by atoms with Gasteiger partial charge in [-0.15, -0.1) is 24.0 Å². The van der Waals surface area contributed by atoms with E-state index in [0.717, 1.165) is 23.6 Å². The largest absolute Gasteiger partial charge is 0.444 e. The minimum Gasteiger partial charge on any atom is -0.444 e. The first kappa shape index (κ1) is 21.3. The number of halogens is 4. The van der Waals surface area contributed by atoms with Gasteiger partial charge in [0.25, 0.3) is 0 Å². The van der Waals surface area contributed by atoms with Gasteiger partial charge in [-0.25, -0.2) is 4.98 Å². The lowest BCUT2D eigenvalue weighted by Crippen LogP contribution is -2.36. The van der Waals surface area contributed by atoms with E-state index < -0.39 is 11.7 Å². The van der Waals surface area contributed by atoms with Gasteiger partial charge in [0.05, 0.1) is 17.8 Å². The lowest BCUT2D eigenvalue weighted by atomic mass is 10.1. The van der Waals surface area contributed by atoms with Gasteiger partial charge in [-0.2, -0.15) is 13.2 Å². The summed E-state index contributed by atoms with van der Waals surface area (Å²) in [6.07, 6.45) is -4.32. The first-order valence-electron chi connectivity index (χ1n) is 7.33. The number of nitrogens with zero attached hydrogens (tertiary/aromatic N) is 2. The summed E-state index contributed by atoms with van der Waals surface area (Å²) in [4.78, 5) is 8.30. The zero-order valence-electron chi connectivity index (χ0n) is 14.1. The van der Waals surface area contributed by atoms with Crippen LogP contribution in [0.15, 0.2) is 33.7 Å². The number of aryl methyl sites for hydroxylation is 2. The average Bonchev–Trinajstić information content (AvgIpc) is 2.85. The molecule has 2 rings (SSSR count). The molecule has 0 atom stereocenters. The summed E-state index contributed by atoms with van der Waals surface area (Å²) in [5.41, 5.74) is 0.886. The fourth-order valence-corrected chi connectivity index (χ4v) is 1.99. The Kier molecular flexibility index (Phi) is 7.71. The van der Waals surface area contributed by atoms with Crippen molar-refractivity contribution in [2.75, 3.05) is 7.05 Å². The van der Waals surface area contributed by atoms with Crippen LogP contribution in [0.3, 0.4) is 0 Å². The number of guanidine groups is 1. The molecule has 0 unspecified atom stereocenters. The summed E-state index contributed by atoms with van der Waals surface area (Å²) in [6.45, 7) is 4.41. The van der Waals surface area contributed by atoms with Crippen molar-refractivity contribution in [2.45, 2.75) is 33.1 Å².